The maximum absolute atomic E-state index is 12.2. The van der Waals surface area contributed by atoms with Gasteiger partial charge in [0.15, 0.2) is 0 Å². The molecule has 0 unspecified atom stereocenters. The number of carbonyl (C=O) groups is 2. The molecule has 39 heavy (non-hydrogen) atoms. The zero-order chi connectivity index (χ0) is 28.9. The Morgan fingerprint density at radius 1 is 0.769 bits per heavy atom. The SMILES string of the molecule is CCCCCCCCCC(=O)O[C@@H](CNCCCCCCCCCCCCCCCOC=O)COP(=O)(O)O. The topological polar surface area (TPSA) is 131 Å². The first-order valence-electron chi connectivity index (χ1n) is 15.5. The van der Waals surface area contributed by atoms with Crippen molar-refractivity contribution in [2.24, 2.45) is 0 Å². The summed E-state index contributed by atoms with van der Waals surface area (Å²) < 4.78 is 25.8. The fourth-order valence-electron chi connectivity index (χ4n) is 4.48. The molecule has 0 rings (SSSR count). The van der Waals surface area contributed by atoms with Gasteiger partial charge in [-0.1, -0.05) is 116 Å². The van der Waals surface area contributed by atoms with E-state index in [1.807, 2.05) is 0 Å². The van der Waals surface area contributed by atoms with E-state index in [9.17, 15) is 14.2 Å². The molecule has 0 radical (unpaired) electrons. The van der Waals surface area contributed by atoms with Crippen molar-refractivity contribution < 1.29 is 37.9 Å². The molecular weight excluding hydrogens is 521 g/mol. The van der Waals surface area contributed by atoms with E-state index in [2.05, 4.69) is 21.5 Å². The van der Waals surface area contributed by atoms with Gasteiger partial charge in [-0.05, 0) is 25.8 Å². The summed E-state index contributed by atoms with van der Waals surface area (Å²) in [7, 11) is -4.61. The fraction of sp³-hybridized carbons (Fsp3) is 0.931. The number of hydrogen-bond donors (Lipinski definition) is 3. The van der Waals surface area contributed by atoms with Crippen LogP contribution in [0.25, 0.3) is 0 Å². The summed E-state index contributed by atoms with van der Waals surface area (Å²) in [5.74, 6) is -0.342. The first kappa shape index (κ1) is 38.0. The first-order chi connectivity index (χ1) is 18.9. The van der Waals surface area contributed by atoms with Crippen molar-refractivity contribution in [1.82, 2.24) is 5.32 Å². The van der Waals surface area contributed by atoms with E-state index in [4.69, 9.17) is 14.5 Å². The van der Waals surface area contributed by atoms with E-state index >= 15 is 0 Å². The van der Waals surface area contributed by atoms with Crippen molar-refractivity contribution in [1.29, 1.82) is 0 Å². The lowest BCUT2D eigenvalue weighted by molar-refractivity contribution is -0.150. The van der Waals surface area contributed by atoms with Gasteiger partial charge in [0.1, 0.15) is 6.10 Å². The van der Waals surface area contributed by atoms with Gasteiger partial charge in [-0.15, -0.1) is 0 Å². The number of unbranched alkanes of at least 4 members (excludes halogenated alkanes) is 18. The number of phosphoric ester groups is 1. The van der Waals surface area contributed by atoms with Gasteiger partial charge >= 0.3 is 13.8 Å². The van der Waals surface area contributed by atoms with Gasteiger partial charge in [-0.2, -0.15) is 0 Å². The van der Waals surface area contributed by atoms with Gasteiger partial charge in [-0.25, -0.2) is 4.57 Å². The Morgan fingerprint density at radius 2 is 1.26 bits per heavy atom. The van der Waals surface area contributed by atoms with Crippen LogP contribution >= 0.6 is 7.82 Å². The first-order valence-corrected chi connectivity index (χ1v) is 17.1. The van der Waals surface area contributed by atoms with E-state index in [1.165, 1.54) is 83.5 Å². The standard InChI is InChI=1S/C29H58NO8P/c1-2-3-4-5-13-16-19-22-29(32)38-28(26-37-39(33,34)35)25-30-23-20-17-14-11-9-7-6-8-10-12-15-18-21-24-36-27-31/h27-28,30H,2-26H2,1H3,(H2,33,34,35)/t28-/m0/s1. The highest BCUT2D eigenvalue weighted by Crippen LogP contribution is 2.35. The number of rotatable bonds is 31. The van der Waals surface area contributed by atoms with Gasteiger partial charge in [0, 0.05) is 13.0 Å². The minimum Gasteiger partial charge on any atom is -0.468 e. The summed E-state index contributed by atoms with van der Waals surface area (Å²) >= 11 is 0. The van der Waals surface area contributed by atoms with Gasteiger partial charge < -0.3 is 24.6 Å². The molecule has 0 aromatic carbocycles. The molecule has 1 atom stereocenters. The Labute approximate surface area is 237 Å². The second-order valence-corrected chi connectivity index (χ2v) is 11.8. The average Bonchev–Trinajstić information content (AvgIpc) is 2.90. The van der Waals surface area contributed by atoms with E-state index < -0.39 is 13.9 Å². The van der Waals surface area contributed by atoms with Gasteiger partial charge in [0.25, 0.3) is 6.47 Å². The highest BCUT2D eigenvalue weighted by Gasteiger charge is 2.21. The highest BCUT2D eigenvalue weighted by atomic mass is 31.2. The van der Waals surface area contributed by atoms with Crippen LogP contribution in [0.15, 0.2) is 0 Å². The summed E-state index contributed by atoms with van der Waals surface area (Å²) in [6, 6.07) is 0. The molecular formula is C29H58NO8P. The van der Waals surface area contributed by atoms with E-state index in [0.29, 0.717) is 26.0 Å². The van der Waals surface area contributed by atoms with Gasteiger partial charge in [0.05, 0.1) is 13.2 Å². The van der Waals surface area contributed by atoms with Crippen LogP contribution in [0.2, 0.25) is 0 Å². The third-order valence-electron chi connectivity index (χ3n) is 6.77. The van der Waals surface area contributed by atoms with E-state index in [-0.39, 0.29) is 12.6 Å². The monoisotopic (exact) mass is 579 g/mol. The van der Waals surface area contributed by atoms with E-state index in [1.54, 1.807) is 0 Å². The zero-order valence-corrected chi connectivity index (χ0v) is 25.5. The lowest BCUT2D eigenvalue weighted by Crippen LogP contribution is -2.35. The smallest absolute Gasteiger partial charge is 0.468 e. The maximum Gasteiger partial charge on any atom is 0.469 e. The van der Waals surface area contributed by atoms with Gasteiger partial charge in [-0.3, -0.25) is 14.1 Å². The van der Waals surface area contributed by atoms with Crippen molar-refractivity contribution in [3.63, 3.8) is 0 Å². The Kier molecular flexibility index (Phi) is 27.8. The predicted octanol–water partition coefficient (Wildman–Crippen LogP) is 6.98. The van der Waals surface area contributed by atoms with Crippen LogP contribution in [0.3, 0.4) is 0 Å². The van der Waals surface area contributed by atoms with E-state index in [0.717, 1.165) is 51.5 Å². The lowest BCUT2D eigenvalue weighted by atomic mass is 10.0. The van der Waals surface area contributed by atoms with Crippen molar-refractivity contribution >= 4 is 20.3 Å². The second kappa shape index (κ2) is 28.5. The molecule has 0 spiro atoms. The summed E-state index contributed by atoms with van der Waals surface area (Å²) in [6.07, 6.45) is 23.0. The Bertz CT molecular complexity index is 602. The number of nitrogens with one attached hydrogen (secondary N) is 1. The Morgan fingerprint density at radius 3 is 1.77 bits per heavy atom. The maximum atomic E-state index is 12.2. The molecule has 0 fully saturated rings. The van der Waals surface area contributed by atoms with Crippen molar-refractivity contribution in [2.45, 2.75) is 148 Å². The molecule has 0 bridgehead atoms. The number of phosphoric acid groups is 1. The number of ether oxygens (including phenoxy) is 2. The van der Waals surface area contributed by atoms with Crippen molar-refractivity contribution in [3.05, 3.63) is 0 Å². The van der Waals surface area contributed by atoms with Crippen molar-refractivity contribution in [2.75, 3.05) is 26.3 Å². The largest absolute Gasteiger partial charge is 0.469 e. The average molecular weight is 580 g/mol. The summed E-state index contributed by atoms with van der Waals surface area (Å²) in [4.78, 5) is 40.3. The third-order valence-corrected chi connectivity index (χ3v) is 7.25. The minimum atomic E-state index is -4.61. The molecule has 9 nitrogen and oxygen atoms in total. The highest BCUT2D eigenvalue weighted by molar-refractivity contribution is 7.46. The number of esters is 1. The molecule has 0 aliphatic heterocycles. The summed E-state index contributed by atoms with van der Waals surface area (Å²) in [6.45, 7) is 4.01. The molecule has 10 heteroatoms. The molecule has 3 N–H and O–H groups in total. The Hall–Kier alpha value is -0.990. The number of hydrogen-bond acceptors (Lipinski definition) is 7. The molecule has 0 amide bonds. The second-order valence-electron chi connectivity index (χ2n) is 10.5. The lowest BCUT2D eigenvalue weighted by Gasteiger charge is -2.19. The molecule has 0 saturated carbocycles. The summed E-state index contributed by atoms with van der Waals surface area (Å²) in [5, 5.41) is 3.24. The number of carbonyl (C=O) groups excluding carboxylic acids is 2. The van der Waals surface area contributed by atoms with Crippen LogP contribution in [0.5, 0.6) is 0 Å². The summed E-state index contributed by atoms with van der Waals surface area (Å²) in [5.41, 5.74) is 0. The molecule has 0 aliphatic rings. The Balaban J connectivity index is 3.76. The molecule has 0 heterocycles. The van der Waals surface area contributed by atoms with Crippen LogP contribution in [0.4, 0.5) is 0 Å². The molecule has 0 aliphatic carbocycles. The normalized spacial score (nSPS) is 12.4. The van der Waals surface area contributed by atoms with Crippen LogP contribution in [0.1, 0.15) is 142 Å². The fourth-order valence-corrected chi connectivity index (χ4v) is 4.84. The molecule has 0 aromatic rings. The van der Waals surface area contributed by atoms with Gasteiger partial charge in [0.2, 0.25) is 0 Å². The third kappa shape index (κ3) is 31.4. The molecule has 0 saturated heterocycles. The zero-order valence-electron chi connectivity index (χ0n) is 24.6. The molecule has 232 valence electrons. The predicted molar refractivity (Wildman–Crippen MR) is 155 cm³/mol. The minimum absolute atomic E-state index is 0.315. The van der Waals surface area contributed by atoms with Crippen LogP contribution in [0, 0.1) is 0 Å². The van der Waals surface area contributed by atoms with Crippen LogP contribution in [-0.4, -0.2) is 54.6 Å². The van der Waals surface area contributed by atoms with Crippen LogP contribution in [-0.2, 0) is 28.2 Å². The van der Waals surface area contributed by atoms with Crippen LogP contribution < -0.4 is 5.32 Å². The van der Waals surface area contributed by atoms with Crippen molar-refractivity contribution in [3.8, 4) is 0 Å². The molecule has 0 aromatic heterocycles. The quantitative estimate of drug-likeness (QED) is 0.0344.